The Hall–Kier alpha value is -1.84. The molecule has 1 aliphatic rings. The van der Waals surface area contributed by atoms with Crippen LogP contribution in [-0.2, 0) is 16.0 Å². The Kier molecular flexibility index (Phi) is 4.77. The lowest BCUT2D eigenvalue weighted by molar-refractivity contribution is -0.134. The number of piperidine rings is 1. The van der Waals surface area contributed by atoms with Gasteiger partial charge in [-0.1, -0.05) is 12.1 Å². The molecule has 0 spiro atoms. The van der Waals surface area contributed by atoms with Gasteiger partial charge in [0.1, 0.15) is 5.78 Å². The first-order chi connectivity index (χ1) is 9.56. The predicted octanol–water partition coefficient (Wildman–Crippen LogP) is 1.88. The zero-order valence-corrected chi connectivity index (χ0v) is 12.3. The molecule has 1 heterocycles. The first-order valence-corrected chi connectivity index (χ1v) is 7.12. The number of ketones is 1. The Labute approximate surface area is 120 Å². The second kappa shape index (κ2) is 6.55. The molecule has 0 bridgehead atoms. The van der Waals surface area contributed by atoms with Gasteiger partial charge in [-0.25, -0.2) is 0 Å². The second-order valence-corrected chi connectivity index (χ2v) is 5.48. The number of benzene rings is 1. The molecule has 108 valence electrons. The Morgan fingerprint density at radius 3 is 2.30 bits per heavy atom. The molecule has 0 saturated carbocycles. The Bertz CT molecular complexity index is 470. The van der Waals surface area contributed by atoms with Crippen molar-refractivity contribution < 1.29 is 9.59 Å². The van der Waals surface area contributed by atoms with Gasteiger partial charge < -0.3 is 9.80 Å². The lowest BCUT2D eigenvalue weighted by atomic mass is 10.1. The van der Waals surface area contributed by atoms with Crippen molar-refractivity contribution in [3.05, 3.63) is 29.8 Å². The summed E-state index contributed by atoms with van der Waals surface area (Å²) in [6, 6.07) is 8.28. The number of amides is 1. The predicted molar refractivity (Wildman–Crippen MR) is 79.9 cm³/mol. The molecule has 1 saturated heterocycles. The van der Waals surface area contributed by atoms with Crippen LogP contribution in [0.2, 0.25) is 0 Å². The van der Waals surface area contributed by atoms with E-state index >= 15 is 0 Å². The van der Waals surface area contributed by atoms with E-state index in [1.54, 1.807) is 0 Å². The van der Waals surface area contributed by atoms with Gasteiger partial charge >= 0.3 is 0 Å². The molecule has 4 heteroatoms. The van der Waals surface area contributed by atoms with E-state index in [1.165, 1.54) is 5.56 Å². The maximum Gasteiger partial charge on any atom is 0.222 e. The summed E-state index contributed by atoms with van der Waals surface area (Å²) in [5.74, 6) is 0.433. The third-order valence-corrected chi connectivity index (χ3v) is 3.75. The number of rotatable bonds is 4. The lowest BCUT2D eigenvalue weighted by Crippen LogP contribution is -2.38. The molecule has 0 unspecified atom stereocenters. The largest absolute Gasteiger partial charge is 0.378 e. The molecule has 1 aromatic carbocycles. The topological polar surface area (TPSA) is 40.6 Å². The van der Waals surface area contributed by atoms with Crippen LogP contribution in [0.3, 0.4) is 0 Å². The first kappa shape index (κ1) is 14.6. The number of Topliss-reactive ketones (excluding diaryl/α,β-unsaturated/α-hetero) is 1. The van der Waals surface area contributed by atoms with Crippen LogP contribution in [0.5, 0.6) is 0 Å². The number of hydrogen-bond acceptors (Lipinski definition) is 3. The van der Waals surface area contributed by atoms with Crippen molar-refractivity contribution in [3.63, 3.8) is 0 Å². The highest BCUT2D eigenvalue weighted by Gasteiger charge is 2.20. The van der Waals surface area contributed by atoms with Crippen molar-refractivity contribution in [1.29, 1.82) is 0 Å². The molecule has 0 atom stereocenters. The summed E-state index contributed by atoms with van der Waals surface area (Å²) in [5, 5.41) is 0. The van der Waals surface area contributed by atoms with Crippen LogP contribution >= 0.6 is 0 Å². The van der Waals surface area contributed by atoms with Crippen LogP contribution in [-0.4, -0.2) is 43.8 Å². The molecule has 2 rings (SSSR count). The van der Waals surface area contributed by atoms with Crippen LogP contribution in [0, 0.1) is 0 Å². The molecular formula is C16H22N2O2. The molecule has 0 aliphatic carbocycles. The number of aryl methyl sites for hydroxylation is 1. The van der Waals surface area contributed by atoms with Gasteiger partial charge in [-0.15, -0.1) is 0 Å². The highest BCUT2D eigenvalue weighted by Crippen LogP contribution is 2.14. The molecule has 0 radical (unpaired) electrons. The van der Waals surface area contributed by atoms with E-state index in [1.807, 2.05) is 19.0 Å². The van der Waals surface area contributed by atoms with E-state index in [0.29, 0.717) is 32.4 Å². The molecule has 1 fully saturated rings. The van der Waals surface area contributed by atoms with E-state index in [9.17, 15) is 9.59 Å². The van der Waals surface area contributed by atoms with Crippen molar-refractivity contribution in [1.82, 2.24) is 4.90 Å². The number of nitrogens with zero attached hydrogens (tertiary/aromatic N) is 2. The molecule has 1 aromatic rings. The minimum atomic E-state index is 0.161. The van der Waals surface area contributed by atoms with Crippen LogP contribution < -0.4 is 4.90 Å². The van der Waals surface area contributed by atoms with Crippen molar-refractivity contribution in [2.45, 2.75) is 25.7 Å². The van der Waals surface area contributed by atoms with E-state index in [2.05, 4.69) is 29.2 Å². The number of hydrogen-bond donors (Lipinski definition) is 0. The van der Waals surface area contributed by atoms with Gasteiger partial charge in [0.05, 0.1) is 0 Å². The van der Waals surface area contributed by atoms with Gasteiger partial charge in [0.25, 0.3) is 0 Å². The van der Waals surface area contributed by atoms with Crippen LogP contribution in [0.4, 0.5) is 5.69 Å². The summed E-state index contributed by atoms with van der Waals surface area (Å²) < 4.78 is 0. The van der Waals surface area contributed by atoms with Gasteiger partial charge in [-0.3, -0.25) is 9.59 Å². The number of carbonyl (C=O) groups excluding carboxylic acids is 2. The van der Waals surface area contributed by atoms with Gasteiger partial charge in [-0.2, -0.15) is 0 Å². The van der Waals surface area contributed by atoms with Gasteiger partial charge in [-0.05, 0) is 24.1 Å². The summed E-state index contributed by atoms with van der Waals surface area (Å²) in [4.78, 5) is 27.1. The summed E-state index contributed by atoms with van der Waals surface area (Å²) in [6.07, 6.45) is 2.32. The number of carbonyl (C=O) groups is 2. The molecule has 0 N–H and O–H groups in total. The molecule has 20 heavy (non-hydrogen) atoms. The average molecular weight is 274 g/mol. The standard InChI is InChI=1S/C16H22N2O2/c1-17(2)14-6-3-13(4-7-14)5-8-16(20)18-11-9-15(19)10-12-18/h3-4,6-7H,5,8-12H2,1-2H3. The molecule has 4 nitrogen and oxygen atoms in total. The lowest BCUT2D eigenvalue weighted by Gasteiger charge is -2.26. The minimum absolute atomic E-state index is 0.161. The maximum absolute atomic E-state index is 12.1. The SMILES string of the molecule is CN(C)c1ccc(CCC(=O)N2CCC(=O)CC2)cc1. The average Bonchev–Trinajstić information content (AvgIpc) is 2.46. The first-order valence-electron chi connectivity index (χ1n) is 7.12. The number of likely N-dealkylation sites (tertiary alicyclic amines) is 1. The number of anilines is 1. The quantitative estimate of drug-likeness (QED) is 0.841. The molecule has 1 amide bonds. The fourth-order valence-electron chi connectivity index (χ4n) is 2.38. The van der Waals surface area contributed by atoms with E-state index < -0.39 is 0 Å². The van der Waals surface area contributed by atoms with Crippen LogP contribution in [0.25, 0.3) is 0 Å². The third-order valence-electron chi connectivity index (χ3n) is 3.75. The molecule has 0 aromatic heterocycles. The highest BCUT2D eigenvalue weighted by atomic mass is 16.2. The van der Waals surface area contributed by atoms with Crippen molar-refractivity contribution in [2.24, 2.45) is 0 Å². The Morgan fingerprint density at radius 2 is 1.75 bits per heavy atom. The third kappa shape index (κ3) is 3.83. The Balaban J connectivity index is 1.82. The second-order valence-electron chi connectivity index (χ2n) is 5.48. The highest BCUT2D eigenvalue weighted by molar-refractivity contribution is 5.83. The smallest absolute Gasteiger partial charge is 0.222 e. The van der Waals surface area contributed by atoms with Gasteiger partial charge in [0, 0.05) is 52.1 Å². The zero-order chi connectivity index (χ0) is 14.5. The van der Waals surface area contributed by atoms with E-state index in [4.69, 9.17) is 0 Å². The van der Waals surface area contributed by atoms with Crippen molar-refractivity contribution in [3.8, 4) is 0 Å². The summed E-state index contributed by atoms with van der Waals surface area (Å²) >= 11 is 0. The van der Waals surface area contributed by atoms with E-state index in [-0.39, 0.29) is 11.7 Å². The summed E-state index contributed by atoms with van der Waals surface area (Å²) in [6.45, 7) is 1.19. The fraction of sp³-hybridized carbons (Fsp3) is 0.500. The molecular weight excluding hydrogens is 252 g/mol. The monoisotopic (exact) mass is 274 g/mol. The summed E-state index contributed by atoms with van der Waals surface area (Å²) in [7, 11) is 4.02. The molecule has 1 aliphatic heterocycles. The summed E-state index contributed by atoms with van der Waals surface area (Å²) in [5.41, 5.74) is 2.34. The minimum Gasteiger partial charge on any atom is -0.378 e. The van der Waals surface area contributed by atoms with Crippen molar-refractivity contribution >= 4 is 17.4 Å². The zero-order valence-electron chi connectivity index (χ0n) is 12.3. The normalized spacial score (nSPS) is 15.3. The van der Waals surface area contributed by atoms with Gasteiger partial charge in [0.2, 0.25) is 5.91 Å². The van der Waals surface area contributed by atoms with Gasteiger partial charge in [0.15, 0.2) is 0 Å². The maximum atomic E-state index is 12.1. The van der Waals surface area contributed by atoms with Crippen molar-refractivity contribution in [2.75, 3.05) is 32.1 Å². The van der Waals surface area contributed by atoms with E-state index in [0.717, 1.165) is 12.1 Å². The van der Waals surface area contributed by atoms with Crippen LogP contribution in [0.15, 0.2) is 24.3 Å². The fourth-order valence-corrected chi connectivity index (χ4v) is 2.38. The Morgan fingerprint density at radius 1 is 1.15 bits per heavy atom. The van der Waals surface area contributed by atoms with Crippen LogP contribution in [0.1, 0.15) is 24.8 Å².